The summed E-state index contributed by atoms with van der Waals surface area (Å²) in [4.78, 5) is 33.9. The van der Waals surface area contributed by atoms with Crippen LogP contribution in [0.25, 0.3) is 0 Å². The van der Waals surface area contributed by atoms with Crippen LogP contribution in [-0.4, -0.2) is 16.8 Å². The molecule has 7 nitrogen and oxygen atoms in total. The number of amides is 1. The van der Waals surface area contributed by atoms with E-state index >= 15 is 0 Å². The van der Waals surface area contributed by atoms with Gasteiger partial charge in [-0.1, -0.05) is 30.3 Å². The number of rotatable bonds is 4. The summed E-state index contributed by atoms with van der Waals surface area (Å²) in [6.45, 7) is 3.53. The lowest BCUT2D eigenvalue weighted by Crippen LogP contribution is -2.27. The van der Waals surface area contributed by atoms with Crippen LogP contribution in [0, 0.1) is 24.0 Å². The van der Waals surface area contributed by atoms with Crippen molar-refractivity contribution >= 4 is 23.3 Å². The van der Waals surface area contributed by atoms with Crippen LogP contribution in [0.1, 0.15) is 31.8 Å². The maximum absolute atomic E-state index is 12.5. The second kappa shape index (κ2) is 6.27. The Morgan fingerprint density at radius 1 is 1.04 bits per heavy atom. The maximum atomic E-state index is 12.5. The lowest BCUT2D eigenvalue weighted by Gasteiger charge is -2.14. The summed E-state index contributed by atoms with van der Waals surface area (Å²) in [5.41, 5.74) is 0.359. The predicted octanol–water partition coefficient (Wildman–Crippen LogP) is 1.83. The van der Waals surface area contributed by atoms with Gasteiger partial charge in [-0.05, 0) is 25.0 Å². The van der Waals surface area contributed by atoms with Crippen LogP contribution in [0.3, 0.4) is 0 Å². The number of nitrogens with zero attached hydrogens (tertiary/aromatic N) is 1. The molecule has 0 bridgehead atoms. The van der Waals surface area contributed by atoms with Crippen LogP contribution >= 0.6 is 0 Å². The quantitative estimate of drug-likeness (QED) is 0.683. The summed E-state index contributed by atoms with van der Waals surface area (Å²) in [6.07, 6.45) is 0. The van der Waals surface area contributed by atoms with E-state index in [0.717, 1.165) is 23.3 Å². The SMILES string of the molecule is Cc1cccc(C)c1NC(=O)c1c(C(=O)[O-])cccc1[N+](=O)[O-]. The van der Waals surface area contributed by atoms with E-state index in [0.29, 0.717) is 5.69 Å². The Morgan fingerprint density at radius 2 is 1.61 bits per heavy atom. The number of para-hydroxylation sites is 1. The standard InChI is InChI=1S/C16H14N2O5/c1-9-5-3-6-10(2)14(9)17-15(19)13-11(16(20)21)7-4-8-12(13)18(22)23/h3-8H,1-2H3,(H,17,19)(H,20,21)/p-1. The summed E-state index contributed by atoms with van der Waals surface area (Å²) in [5.74, 6) is -2.52. The number of aryl methyl sites for hydroxylation is 2. The number of benzene rings is 2. The number of hydrogen-bond donors (Lipinski definition) is 1. The minimum absolute atomic E-state index is 0.486. The number of nitro benzene ring substituents is 1. The van der Waals surface area contributed by atoms with E-state index in [9.17, 15) is 24.8 Å². The summed E-state index contributed by atoms with van der Waals surface area (Å²) in [7, 11) is 0. The molecule has 0 saturated heterocycles. The van der Waals surface area contributed by atoms with Crippen LogP contribution < -0.4 is 10.4 Å². The fraction of sp³-hybridized carbons (Fsp3) is 0.125. The highest BCUT2D eigenvalue weighted by molar-refractivity contribution is 6.13. The van der Waals surface area contributed by atoms with Gasteiger partial charge < -0.3 is 15.2 Å². The van der Waals surface area contributed by atoms with Crippen LogP contribution in [0.5, 0.6) is 0 Å². The molecule has 0 saturated carbocycles. The zero-order valence-corrected chi connectivity index (χ0v) is 12.5. The Balaban J connectivity index is 2.55. The largest absolute Gasteiger partial charge is 0.545 e. The van der Waals surface area contributed by atoms with Crippen LogP contribution in [0.15, 0.2) is 36.4 Å². The minimum Gasteiger partial charge on any atom is -0.545 e. The lowest BCUT2D eigenvalue weighted by atomic mass is 10.0. The first-order chi connectivity index (χ1) is 10.8. The van der Waals surface area contributed by atoms with Crippen LogP contribution in [-0.2, 0) is 0 Å². The average Bonchev–Trinajstić information content (AvgIpc) is 2.50. The first-order valence-corrected chi connectivity index (χ1v) is 6.69. The number of carboxylic acid groups (broad SMARTS) is 1. The van der Waals surface area contributed by atoms with Gasteiger partial charge in [-0.25, -0.2) is 0 Å². The van der Waals surface area contributed by atoms with Gasteiger partial charge >= 0.3 is 0 Å². The van der Waals surface area contributed by atoms with E-state index < -0.39 is 33.6 Å². The van der Waals surface area contributed by atoms with Gasteiger partial charge in [-0.15, -0.1) is 0 Å². The molecular weight excluding hydrogens is 300 g/mol. The number of anilines is 1. The predicted molar refractivity (Wildman–Crippen MR) is 81.3 cm³/mol. The van der Waals surface area contributed by atoms with Crippen molar-refractivity contribution in [3.8, 4) is 0 Å². The number of carboxylic acids is 1. The highest BCUT2D eigenvalue weighted by Gasteiger charge is 2.25. The number of carbonyl (C=O) groups excluding carboxylic acids is 2. The van der Waals surface area contributed by atoms with Gasteiger partial charge in [0.05, 0.1) is 10.9 Å². The molecule has 1 N–H and O–H groups in total. The third kappa shape index (κ3) is 3.18. The van der Waals surface area contributed by atoms with Crippen molar-refractivity contribution in [2.24, 2.45) is 0 Å². The number of carbonyl (C=O) groups is 2. The molecule has 0 fully saturated rings. The third-order valence-electron chi connectivity index (χ3n) is 3.41. The second-order valence-corrected chi connectivity index (χ2v) is 4.97. The summed E-state index contributed by atoms with van der Waals surface area (Å²) < 4.78 is 0. The molecule has 0 aliphatic rings. The van der Waals surface area contributed by atoms with Gasteiger partial charge in [-0.2, -0.15) is 0 Å². The molecule has 7 heteroatoms. The fourth-order valence-electron chi connectivity index (χ4n) is 2.29. The smallest absolute Gasteiger partial charge is 0.282 e. The van der Waals surface area contributed by atoms with Crippen LogP contribution in [0.4, 0.5) is 11.4 Å². The zero-order chi connectivity index (χ0) is 17.1. The van der Waals surface area contributed by atoms with Crippen molar-refractivity contribution in [3.63, 3.8) is 0 Å². The Bertz CT molecular complexity index is 762. The Hall–Kier alpha value is -3.22. The van der Waals surface area contributed by atoms with Gasteiger partial charge in [0, 0.05) is 17.3 Å². The number of hydrogen-bond acceptors (Lipinski definition) is 5. The monoisotopic (exact) mass is 313 g/mol. The molecular formula is C16H13N2O5-. The maximum Gasteiger partial charge on any atom is 0.282 e. The Labute approximate surface area is 131 Å². The molecule has 2 aromatic carbocycles. The Morgan fingerprint density at radius 3 is 2.13 bits per heavy atom. The van der Waals surface area contributed by atoms with Crippen molar-refractivity contribution in [1.82, 2.24) is 0 Å². The third-order valence-corrected chi connectivity index (χ3v) is 3.41. The van der Waals surface area contributed by atoms with E-state index in [1.807, 2.05) is 0 Å². The number of nitrogens with one attached hydrogen (secondary N) is 1. The van der Waals surface area contributed by atoms with E-state index in [-0.39, 0.29) is 0 Å². The fourth-order valence-corrected chi connectivity index (χ4v) is 2.29. The van der Waals surface area contributed by atoms with Gasteiger partial charge in [0.1, 0.15) is 5.56 Å². The molecule has 0 unspecified atom stereocenters. The van der Waals surface area contributed by atoms with Gasteiger partial charge in [-0.3, -0.25) is 14.9 Å². The molecule has 1 amide bonds. The van der Waals surface area contributed by atoms with Crippen molar-refractivity contribution in [2.75, 3.05) is 5.32 Å². The number of nitro groups is 1. The summed E-state index contributed by atoms with van der Waals surface area (Å²) in [5, 5.41) is 24.8. The molecule has 23 heavy (non-hydrogen) atoms. The second-order valence-electron chi connectivity index (χ2n) is 4.97. The number of aromatic carboxylic acids is 1. The zero-order valence-electron chi connectivity index (χ0n) is 12.5. The summed E-state index contributed by atoms with van der Waals surface area (Å²) >= 11 is 0. The molecule has 0 aromatic heterocycles. The van der Waals surface area contributed by atoms with E-state index in [2.05, 4.69) is 5.32 Å². The Kier molecular flexibility index (Phi) is 4.40. The molecule has 0 radical (unpaired) electrons. The minimum atomic E-state index is -1.65. The lowest BCUT2D eigenvalue weighted by molar-refractivity contribution is -0.385. The molecule has 0 spiro atoms. The van der Waals surface area contributed by atoms with Gasteiger partial charge in [0.25, 0.3) is 11.6 Å². The molecule has 0 aliphatic heterocycles. The van der Waals surface area contributed by atoms with E-state index in [1.54, 1.807) is 32.0 Å². The van der Waals surface area contributed by atoms with E-state index in [4.69, 9.17) is 0 Å². The van der Waals surface area contributed by atoms with Crippen molar-refractivity contribution in [3.05, 3.63) is 68.8 Å². The van der Waals surface area contributed by atoms with Crippen molar-refractivity contribution in [1.29, 1.82) is 0 Å². The van der Waals surface area contributed by atoms with Crippen LogP contribution in [0.2, 0.25) is 0 Å². The van der Waals surface area contributed by atoms with Crippen molar-refractivity contribution < 1.29 is 19.6 Å². The molecule has 118 valence electrons. The topological polar surface area (TPSA) is 112 Å². The van der Waals surface area contributed by atoms with Gasteiger partial charge in [0.2, 0.25) is 0 Å². The van der Waals surface area contributed by atoms with Crippen molar-refractivity contribution in [2.45, 2.75) is 13.8 Å². The van der Waals surface area contributed by atoms with Gasteiger partial charge in [0.15, 0.2) is 0 Å². The highest BCUT2D eigenvalue weighted by Crippen LogP contribution is 2.25. The van der Waals surface area contributed by atoms with E-state index in [1.165, 1.54) is 6.07 Å². The highest BCUT2D eigenvalue weighted by atomic mass is 16.6. The molecule has 0 atom stereocenters. The molecule has 2 rings (SSSR count). The normalized spacial score (nSPS) is 10.2. The first kappa shape index (κ1) is 16.2. The molecule has 2 aromatic rings. The average molecular weight is 313 g/mol. The molecule has 0 heterocycles. The summed E-state index contributed by atoms with van der Waals surface area (Å²) in [6, 6.07) is 8.70. The first-order valence-electron chi connectivity index (χ1n) is 6.69. The molecule has 0 aliphatic carbocycles.